The summed E-state index contributed by atoms with van der Waals surface area (Å²) in [5.74, 6) is -0.274. The number of fused-ring (bicyclic) bond motifs is 2. The number of hydrogen-bond acceptors (Lipinski definition) is 4. The lowest BCUT2D eigenvalue weighted by Gasteiger charge is -2.42. The zero-order valence-corrected chi connectivity index (χ0v) is 20.8. The van der Waals surface area contributed by atoms with Gasteiger partial charge in [-0.05, 0) is 86.1 Å². The number of amides is 1. The van der Waals surface area contributed by atoms with Crippen molar-refractivity contribution in [1.29, 1.82) is 0 Å². The van der Waals surface area contributed by atoms with Crippen LogP contribution in [0.1, 0.15) is 55.5 Å². The average Bonchev–Trinajstić information content (AvgIpc) is 3.38. The van der Waals surface area contributed by atoms with Crippen LogP contribution in [-0.4, -0.2) is 33.1 Å². The van der Waals surface area contributed by atoms with E-state index in [2.05, 4.69) is 23.4 Å². The minimum absolute atomic E-state index is 0.203. The molecule has 7 heteroatoms. The Kier molecular flexibility index (Phi) is 6.43. The van der Waals surface area contributed by atoms with Gasteiger partial charge in [-0.3, -0.25) is 0 Å². The number of ether oxygens (including phenoxy) is 1. The Hall–Kier alpha value is -3.45. The molecule has 0 bridgehead atoms. The fourth-order valence-electron chi connectivity index (χ4n) is 5.74. The van der Waals surface area contributed by atoms with Crippen molar-refractivity contribution in [1.82, 2.24) is 15.1 Å². The summed E-state index contributed by atoms with van der Waals surface area (Å²) in [6.45, 7) is 4.73. The fourth-order valence-corrected chi connectivity index (χ4v) is 5.74. The SMILES string of the molecule is CCNC(=O)OCc1ccccc1CC[C@]1(O)CCC2=Cc3c(cnn3-c3ccc(F)cc3)C[C@@]21C. The van der Waals surface area contributed by atoms with Gasteiger partial charge < -0.3 is 15.2 Å². The van der Waals surface area contributed by atoms with Crippen LogP contribution >= 0.6 is 0 Å². The molecule has 36 heavy (non-hydrogen) atoms. The van der Waals surface area contributed by atoms with E-state index in [-0.39, 0.29) is 17.8 Å². The molecular weight excluding hydrogens is 457 g/mol. The van der Waals surface area contributed by atoms with Crippen LogP contribution in [0.5, 0.6) is 0 Å². The molecule has 2 aliphatic rings. The van der Waals surface area contributed by atoms with E-state index < -0.39 is 11.7 Å². The predicted octanol–water partition coefficient (Wildman–Crippen LogP) is 5.36. The lowest BCUT2D eigenvalue weighted by atomic mass is 9.65. The number of rotatable bonds is 7. The van der Waals surface area contributed by atoms with Gasteiger partial charge in [0.15, 0.2) is 0 Å². The van der Waals surface area contributed by atoms with Crippen molar-refractivity contribution in [2.24, 2.45) is 5.41 Å². The van der Waals surface area contributed by atoms with Gasteiger partial charge in [0.25, 0.3) is 0 Å². The summed E-state index contributed by atoms with van der Waals surface area (Å²) < 4.78 is 20.6. The Bertz CT molecular complexity index is 1300. The van der Waals surface area contributed by atoms with Crippen LogP contribution in [0.15, 0.2) is 60.3 Å². The summed E-state index contributed by atoms with van der Waals surface area (Å²) in [6.07, 6.45) is 7.13. The number of nitrogens with one attached hydrogen (secondary N) is 1. The second kappa shape index (κ2) is 9.54. The van der Waals surface area contributed by atoms with Crippen molar-refractivity contribution in [3.05, 3.63) is 88.5 Å². The number of nitrogens with zero attached hydrogens (tertiary/aromatic N) is 2. The Morgan fingerprint density at radius 2 is 1.94 bits per heavy atom. The molecule has 3 aromatic rings. The normalized spacial score (nSPS) is 22.5. The summed E-state index contributed by atoms with van der Waals surface area (Å²) in [5, 5.41) is 19.2. The van der Waals surface area contributed by atoms with Crippen molar-refractivity contribution >= 4 is 12.2 Å². The Morgan fingerprint density at radius 1 is 1.19 bits per heavy atom. The molecule has 2 atom stereocenters. The maximum absolute atomic E-state index is 13.4. The minimum atomic E-state index is -0.859. The van der Waals surface area contributed by atoms with Gasteiger partial charge in [0.1, 0.15) is 12.4 Å². The average molecular weight is 490 g/mol. The first-order chi connectivity index (χ1) is 17.3. The molecule has 188 valence electrons. The first kappa shape index (κ1) is 24.3. The summed E-state index contributed by atoms with van der Waals surface area (Å²) in [4.78, 5) is 11.8. The molecule has 0 radical (unpaired) electrons. The zero-order valence-electron chi connectivity index (χ0n) is 20.8. The second-order valence-corrected chi connectivity index (χ2v) is 10.0. The molecule has 1 amide bonds. The van der Waals surface area contributed by atoms with Crippen LogP contribution < -0.4 is 5.32 Å². The van der Waals surface area contributed by atoms with Gasteiger partial charge in [0.05, 0.1) is 23.2 Å². The van der Waals surface area contributed by atoms with Gasteiger partial charge in [0.2, 0.25) is 0 Å². The minimum Gasteiger partial charge on any atom is -0.445 e. The number of aromatic nitrogens is 2. The van der Waals surface area contributed by atoms with Crippen LogP contribution in [-0.2, 0) is 24.2 Å². The van der Waals surface area contributed by atoms with E-state index in [1.807, 2.05) is 42.1 Å². The molecule has 1 aromatic heterocycles. The van der Waals surface area contributed by atoms with Crippen molar-refractivity contribution in [2.45, 2.75) is 58.2 Å². The third-order valence-corrected chi connectivity index (χ3v) is 7.96. The molecule has 0 spiro atoms. The lowest BCUT2D eigenvalue weighted by molar-refractivity contribution is -0.0462. The van der Waals surface area contributed by atoms with Gasteiger partial charge in [-0.2, -0.15) is 5.10 Å². The van der Waals surface area contributed by atoms with E-state index in [0.717, 1.165) is 34.5 Å². The highest BCUT2D eigenvalue weighted by atomic mass is 19.1. The zero-order chi connectivity index (χ0) is 25.3. The lowest BCUT2D eigenvalue weighted by Crippen LogP contribution is -2.45. The van der Waals surface area contributed by atoms with Gasteiger partial charge in [-0.25, -0.2) is 13.9 Å². The second-order valence-electron chi connectivity index (χ2n) is 10.0. The van der Waals surface area contributed by atoms with E-state index in [9.17, 15) is 14.3 Å². The van der Waals surface area contributed by atoms with Crippen LogP contribution in [0, 0.1) is 11.2 Å². The predicted molar refractivity (Wildman–Crippen MR) is 136 cm³/mol. The summed E-state index contributed by atoms with van der Waals surface area (Å²) >= 11 is 0. The first-order valence-electron chi connectivity index (χ1n) is 12.6. The van der Waals surface area contributed by atoms with Gasteiger partial charge in [-0.15, -0.1) is 0 Å². The van der Waals surface area contributed by atoms with Gasteiger partial charge in [0, 0.05) is 12.0 Å². The first-order valence-corrected chi connectivity index (χ1v) is 12.6. The van der Waals surface area contributed by atoms with E-state index in [1.54, 1.807) is 12.1 Å². The molecule has 1 fully saturated rings. The Balaban J connectivity index is 1.34. The molecule has 1 saturated carbocycles. The molecule has 1 heterocycles. The van der Waals surface area contributed by atoms with Crippen molar-refractivity contribution in [3.63, 3.8) is 0 Å². The van der Waals surface area contributed by atoms with Crippen LogP contribution in [0.25, 0.3) is 11.8 Å². The molecule has 6 nitrogen and oxygen atoms in total. The van der Waals surface area contributed by atoms with Gasteiger partial charge in [-0.1, -0.05) is 36.8 Å². The quantitative estimate of drug-likeness (QED) is 0.468. The molecule has 0 saturated heterocycles. The van der Waals surface area contributed by atoms with Crippen molar-refractivity contribution < 1.29 is 19.0 Å². The van der Waals surface area contributed by atoms with E-state index in [1.165, 1.54) is 17.7 Å². The number of carbonyl (C=O) groups is 1. The van der Waals surface area contributed by atoms with Crippen LogP contribution in [0.4, 0.5) is 9.18 Å². The van der Waals surface area contributed by atoms with Crippen molar-refractivity contribution in [3.8, 4) is 5.69 Å². The largest absolute Gasteiger partial charge is 0.445 e. The van der Waals surface area contributed by atoms with E-state index in [0.29, 0.717) is 32.2 Å². The van der Waals surface area contributed by atoms with E-state index in [4.69, 9.17) is 4.74 Å². The number of hydrogen-bond donors (Lipinski definition) is 2. The highest BCUT2D eigenvalue weighted by molar-refractivity contribution is 5.67. The molecule has 0 aliphatic heterocycles. The number of benzene rings is 2. The highest BCUT2D eigenvalue weighted by Crippen LogP contribution is 2.56. The standard InChI is InChI=1S/C29H32FN3O3/c1-3-31-27(34)36-19-21-7-5-4-6-20(21)12-14-29(35)15-13-23-16-26-22(17-28(23,29)2)18-32-33(26)25-10-8-24(30)9-11-25/h4-11,16,18,35H,3,12-15,17,19H2,1-2H3,(H,31,34)/t28-,29-/m0/s1. The third kappa shape index (κ3) is 4.32. The topological polar surface area (TPSA) is 76.4 Å². The maximum Gasteiger partial charge on any atom is 0.407 e. The molecule has 2 N–H and O–H groups in total. The molecular formula is C29H32FN3O3. The Labute approximate surface area is 210 Å². The fraction of sp³-hybridized carbons (Fsp3) is 0.379. The third-order valence-electron chi connectivity index (χ3n) is 7.96. The van der Waals surface area contributed by atoms with Gasteiger partial charge >= 0.3 is 6.09 Å². The molecule has 5 rings (SSSR count). The summed E-state index contributed by atoms with van der Waals surface area (Å²) in [6, 6.07) is 14.3. The molecule has 2 aromatic carbocycles. The van der Waals surface area contributed by atoms with Crippen molar-refractivity contribution in [2.75, 3.05) is 6.54 Å². The smallest absolute Gasteiger partial charge is 0.407 e. The highest BCUT2D eigenvalue weighted by Gasteiger charge is 2.54. The summed E-state index contributed by atoms with van der Waals surface area (Å²) in [5.41, 5.74) is 4.93. The molecule has 0 unspecified atom stereocenters. The molecule has 2 aliphatic carbocycles. The van der Waals surface area contributed by atoms with Crippen LogP contribution in [0.3, 0.4) is 0 Å². The monoisotopic (exact) mass is 489 g/mol. The van der Waals surface area contributed by atoms with E-state index >= 15 is 0 Å². The maximum atomic E-state index is 13.4. The number of aliphatic hydroxyl groups is 1. The number of aryl methyl sites for hydroxylation is 1. The number of alkyl carbamates (subject to hydrolysis) is 1. The number of carbonyl (C=O) groups excluding carboxylic acids is 1. The Morgan fingerprint density at radius 3 is 2.69 bits per heavy atom. The number of halogens is 1. The summed E-state index contributed by atoms with van der Waals surface area (Å²) in [7, 11) is 0. The van der Waals surface area contributed by atoms with Crippen LogP contribution in [0.2, 0.25) is 0 Å².